The second-order valence-corrected chi connectivity index (χ2v) is 5.28. The van der Waals surface area contributed by atoms with Crippen LogP contribution in [0.3, 0.4) is 0 Å². The van der Waals surface area contributed by atoms with Gasteiger partial charge in [0.05, 0.1) is 0 Å². The van der Waals surface area contributed by atoms with E-state index < -0.39 is 0 Å². The molecule has 0 bridgehead atoms. The molecule has 0 spiro atoms. The number of rotatable bonds is 8. The smallest absolute Gasteiger partial charge is 0.191 e. The maximum Gasteiger partial charge on any atom is 0.191 e. The minimum atomic E-state index is 0.484. The molecule has 0 radical (unpaired) electrons. The van der Waals surface area contributed by atoms with Gasteiger partial charge in [-0.2, -0.15) is 0 Å². The van der Waals surface area contributed by atoms with E-state index in [1.807, 2.05) is 34.9 Å². The fourth-order valence-corrected chi connectivity index (χ4v) is 2.24. The van der Waals surface area contributed by atoms with E-state index in [1.165, 1.54) is 12.8 Å². The number of hydrogen-bond acceptors (Lipinski definition) is 3. The number of benzene rings is 1. The standard InChI is InChI=1S/C17H26N6/c1-3-5-9-12-19-17(18-4-2)20-13-16-22-21-14-23(16)15-10-7-6-8-11-15/h6-8,10-11,14H,3-5,9,12-13H2,1-2H3,(H2,18,19,20). The zero-order valence-electron chi connectivity index (χ0n) is 14.0. The van der Waals surface area contributed by atoms with Crippen LogP contribution in [0.1, 0.15) is 38.9 Å². The van der Waals surface area contributed by atoms with Gasteiger partial charge in [-0.05, 0) is 25.5 Å². The maximum absolute atomic E-state index is 4.61. The minimum Gasteiger partial charge on any atom is -0.357 e. The van der Waals surface area contributed by atoms with Crippen LogP contribution in [0.15, 0.2) is 41.7 Å². The van der Waals surface area contributed by atoms with E-state index in [-0.39, 0.29) is 0 Å². The largest absolute Gasteiger partial charge is 0.357 e. The summed E-state index contributed by atoms with van der Waals surface area (Å²) in [7, 11) is 0. The lowest BCUT2D eigenvalue weighted by molar-refractivity contribution is 0.682. The van der Waals surface area contributed by atoms with Crippen LogP contribution < -0.4 is 10.6 Å². The average Bonchev–Trinajstić information content (AvgIpc) is 3.06. The van der Waals surface area contributed by atoms with Gasteiger partial charge in [-0.1, -0.05) is 38.0 Å². The fraction of sp³-hybridized carbons (Fsp3) is 0.471. The van der Waals surface area contributed by atoms with Crippen molar-refractivity contribution in [3.05, 3.63) is 42.5 Å². The molecule has 6 nitrogen and oxygen atoms in total. The molecule has 0 aliphatic heterocycles. The second kappa shape index (κ2) is 9.61. The van der Waals surface area contributed by atoms with Crippen LogP contribution in [-0.4, -0.2) is 33.8 Å². The van der Waals surface area contributed by atoms with Gasteiger partial charge in [-0.3, -0.25) is 4.57 Å². The Bertz CT molecular complexity index is 590. The van der Waals surface area contributed by atoms with Crippen molar-refractivity contribution in [3.8, 4) is 5.69 Å². The van der Waals surface area contributed by atoms with E-state index in [0.29, 0.717) is 6.54 Å². The lowest BCUT2D eigenvalue weighted by Crippen LogP contribution is -2.37. The van der Waals surface area contributed by atoms with E-state index in [2.05, 4.69) is 39.7 Å². The summed E-state index contributed by atoms with van der Waals surface area (Å²) < 4.78 is 1.96. The molecule has 1 aromatic heterocycles. The monoisotopic (exact) mass is 314 g/mol. The van der Waals surface area contributed by atoms with Crippen molar-refractivity contribution in [2.24, 2.45) is 4.99 Å². The van der Waals surface area contributed by atoms with Gasteiger partial charge >= 0.3 is 0 Å². The predicted octanol–water partition coefficient (Wildman–Crippen LogP) is 2.51. The van der Waals surface area contributed by atoms with Gasteiger partial charge in [0.1, 0.15) is 12.9 Å². The molecule has 1 aromatic carbocycles. The molecular weight excluding hydrogens is 288 g/mol. The van der Waals surface area contributed by atoms with Crippen molar-refractivity contribution in [1.29, 1.82) is 0 Å². The summed E-state index contributed by atoms with van der Waals surface area (Å²) in [5.74, 6) is 1.65. The van der Waals surface area contributed by atoms with Gasteiger partial charge in [0.25, 0.3) is 0 Å². The number of nitrogens with zero attached hydrogens (tertiary/aromatic N) is 4. The van der Waals surface area contributed by atoms with Crippen LogP contribution in [0.2, 0.25) is 0 Å². The summed E-state index contributed by atoms with van der Waals surface area (Å²) in [6.07, 6.45) is 5.33. The van der Waals surface area contributed by atoms with Crippen LogP contribution in [0.5, 0.6) is 0 Å². The molecule has 2 aromatic rings. The van der Waals surface area contributed by atoms with Crippen LogP contribution in [0.4, 0.5) is 0 Å². The highest BCUT2D eigenvalue weighted by atomic mass is 15.3. The Morgan fingerprint density at radius 2 is 1.96 bits per heavy atom. The molecule has 0 atom stereocenters. The lowest BCUT2D eigenvalue weighted by atomic mass is 10.2. The number of nitrogens with one attached hydrogen (secondary N) is 2. The predicted molar refractivity (Wildman–Crippen MR) is 93.7 cm³/mol. The third-order valence-corrected chi connectivity index (χ3v) is 3.45. The Morgan fingerprint density at radius 1 is 1.13 bits per heavy atom. The number of aromatic nitrogens is 3. The molecule has 124 valence electrons. The number of unbranched alkanes of at least 4 members (excludes halogenated alkanes) is 2. The quantitative estimate of drug-likeness (QED) is 0.446. The Morgan fingerprint density at radius 3 is 2.70 bits per heavy atom. The summed E-state index contributed by atoms with van der Waals surface area (Å²) in [6.45, 7) is 6.53. The molecule has 2 N–H and O–H groups in total. The molecule has 0 aliphatic rings. The summed E-state index contributed by atoms with van der Waals surface area (Å²) in [5.41, 5.74) is 1.05. The van der Waals surface area contributed by atoms with Crippen molar-refractivity contribution in [2.75, 3.05) is 13.1 Å². The first-order valence-electron chi connectivity index (χ1n) is 8.31. The maximum atomic E-state index is 4.61. The van der Waals surface area contributed by atoms with Gasteiger partial charge in [-0.25, -0.2) is 4.99 Å². The van der Waals surface area contributed by atoms with E-state index in [0.717, 1.165) is 37.0 Å². The molecule has 6 heteroatoms. The molecule has 0 saturated heterocycles. The van der Waals surface area contributed by atoms with E-state index in [9.17, 15) is 0 Å². The number of hydrogen-bond donors (Lipinski definition) is 2. The first kappa shape index (κ1) is 17.0. The highest BCUT2D eigenvalue weighted by Crippen LogP contribution is 2.09. The van der Waals surface area contributed by atoms with Crippen LogP contribution in [-0.2, 0) is 6.54 Å². The lowest BCUT2D eigenvalue weighted by Gasteiger charge is -2.11. The topological polar surface area (TPSA) is 67.1 Å². The van der Waals surface area contributed by atoms with Crippen molar-refractivity contribution < 1.29 is 0 Å². The van der Waals surface area contributed by atoms with Crippen LogP contribution >= 0.6 is 0 Å². The van der Waals surface area contributed by atoms with Crippen molar-refractivity contribution in [1.82, 2.24) is 25.4 Å². The minimum absolute atomic E-state index is 0.484. The highest BCUT2D eigenvalue weighted by Gasteiger charge is 2.06. The molecule has 0 amide bonds. The molecule has 2 rings (SSSR count). The Hall–Kier alpha value is -2.37. The van der Waals surface area contributed by atoms with Gasteiger partial charge in [-0.15, -0.1) is 10.2 Å². The van der Waals surface area contributed by atoms with E-state index in [1.54, 1.807) is 6.33 Å². The zero-order valence-corrected chi connectivity index (χ0v) is 14.0. The van der Waals surface area contributed by atoms with Gasteiger partial charge in [0.2, 0.25) is 0 Å². The van der Waals surface area contributed by atoms with E-state index >= 15 is 0 Å². The molecule has 0 fully saturated rings. The van der Waals surface area contributed by atoms with Crippen molar-refractivity contribution in [3.63, 3.8) is 0 Å². The molecule has 0 aliphatic carbocycles. The molecule has 1 heterocycles. The summed E-state index contributed by atoms with van der Waals surface area (Å²) in [6, 6.07) is 10.1. The number of guanidine groups is 1. The zero-order chi connectivity index (χ0) is 16.3. The van der Waals surface area contributed by atoms with Crippen molar-refractivity contribution in [2.45, 2.75) is 39.7 Å². The first-order chi connectivity index (χ1) is 11.3. The van der Waals surface area contributed by atoms with Crippen LogP contribution in [0.25, 0.3) is 5.69 Å². The number of para-hydroxylation sites is 1. The Kier molecular flexibility index (Phi) is 7.10. The second-order valence-electron chi connectivity index (χ2n) is 5.28. The van der Waals surface area contributed by atoms with Gasteiger partial charge in [0, 0.05) is 18.8 Å². The fourth-order valence-electron chi connectivity index (χ4n) is 2.24. The first-order valence-corrected chi connectivity index (χ1v) is 8.31. The summed E-state index contributed by atoms with van der Waals surface area (Å²) in [4.78, 5) is 4.61. The molecule has 0 saturated carbocycles. The third kappa shape index (κ3) is 5.39. The molecule has 0 unspecified atom stereocenters. The molecule has 23 heavy (non-hydrogen) atoms. The summed E-state index contributed by atoms with van der Waals surface area (Å²) >= 11 is 0. The highest BCUT2D eigenvalue weighted by molar-refractivity contribution is 5.79. The van der Waals surface area contributed by atoms with Gasteiger partial charge in [0.15, 0.2) is 11.8 Å². The summed E-state index contributed by atoms with van der Waals surface area (Å²) in [5, 5.41) is 14.8. The van der Waals surface area contributed by atoms with Gasteiger partial charge < -0.3 is 10.6 Å². The SMILES string of the molecule is CCCCCNC(=NCc1nncn1-c1ccccc1)NCC. The van der Waals surface area contributed by atoms with Crippen LogP contribution in [0, 0.1) is 0 Å². The average molecular weight is 314 g/mol. The third-order valence-electron chi connectivity index (χ3n) is 3.45. The number of aliphatic imine (C=N–C) groups is 1. The molecular formula is C17H26N6. The normalized spacial score (nSPS) is 11.5. The Balaban J connectivity index is 2.01. The van der Waals surface area contributed by atoms with Crippen molar-refractivity contribution >= 4 is 5.96 Å². The Labute approximate surface area is 138 Å². The van der Waals surface area contributed by atoms with E-state index in [4.69, 9.17) is 0 Å².